The summed E-state index contributed by atoms with van der Waals surface area (Å²) in [5.74, 6) is -3.92. The highest BCUT2D eigenvalue weighted by Crippen LogP contribution is 2.20. The predicted octanol–water partition coefficient (Wildman–Crippen LogP) is 2.58. The topological polar surface area (TPSA) is 272 Å². The molecule has 0 saturated carbocycles. The molecule has 18 heteroatoms. The zero-order valence-electron chi connectivity index (χ0n) is 35.5. The van der Waals surface area contributed by atoms with E-state index < -0.39 is 65.8 Å². The summed E-state index contributed by atoms with van der Waals surface area (Å²) < 4.78 is 11.4. The first-order valence-corrected chi connectivity index (χ1v) is 20.8. The number of hydrogen-bond donors (Lipinski definition) is 9. The number of alkyl carbamates (subject to hydrolysis) is 1. The van der Waals surface area contributed by atoms with Gasteiger partial charge in [0.25, 0.3) is 0 Å². The number of benzene rings is 4. The van der Waals surface area contributed by atoms with Gasteiger partial charge < -0.3 is 56.9 Å². The summed E-state index contributed by atoms with van der Waals surface area (Å²) in [6, 6.07) is 25.0. The van der Waals surface area contributed by atoms with Crippen LogP contribution in [0.15, 0.2) is 128 Å². The van der Waals surface area contributed by atoms with Crippen molar-refractivity contribution in [1.82, 2.24) is 41.5 Å². The second-order valence-corrected chi connectivity index (χ2v) is 15.3. The number of nitrogens with zero attached hydrogens (tertiary/aromatic N) is 1. The smallest absolute Gasteiger partial charge is 0.408 e. The van der Waals surface area contributed by atoms with Gasteiger partial charge in [0.2, 0.25) is 29.5 Å². The summed E-state index contributed by atoms with van der Waals surface area (Å²) >= 11 is 0. The van der Waals surface area contributed by atoms with Gasteiger partial charge in [0.05, 0.1) is 19.5 Å². The summed E-state index contributed by atoms with van der Waals surface area (Å²) in [6.45, 7) is 1.03. The maximum absolute atomic E-state index is 14.5. The molecule has 0 saturated heterocycles. The number of nitrogens with two attached hydrogens (primary N) is 1. The van der Waals surface area contributed by atoms with Crippen LogP contribution in [0.25, 0.3) is 10.9 Å². The van der Waals surface area contributed by atoms with Crippen LogP contribution >= 0.6 is 0 Å². The molecule has 0 bridgehead atoms. The van der Waals surface area contributed by atoms with E-state index in [0.29, 0.717) is 16.8 Å². The van der Waals surface area contributed by atoms with E-state index in [-0.39, 0.29) is 44.8 Å². The molecule has 65 heavy (non-hydrogen) atoms. The van der Waals surface area contributed by atoms with Crippen LogP contribution in [0.1, 0.15) is 34.9 Å². The van der Waals surface area contributed by atoms with E-state index >= 15 is 0 Å². The van der Waals surface area contributed by atoms with Crippen LogP contribution in [0.2, 0.25) is 0 Å². The molecule has 2 aromatic heterocycles. The number of amides is 6. The van der Waals surface area contributed by atoms with Crippen molar-refractivity contribution in [2.75, 3.05) is 6.61 Å². The van der Waals surface area contributed by atoms with Gasteiger partial charge in [-0.3, -0.25) is 24.0 Å². The lowest BCUT2D eigenvalue weighted by molar-refractivity contribution is -0.135. The van der Waals surface area contributed by atoms with Crippen LogP contribution in [0.4, 0.5) is 4.79 Å². The fourth-order valence-electron chi connectivity index (χ4n) is 6.79. The van der Waals surface area contributed by atoms with Crippen LogP contribution in [0.3, 0.4) is 0 Å². The molecule has 6 aromatic rings. The number of ether oxygens (including phenoxy) is 2. The Bertz CT molecular complexity index is 2520. The van der Waals surface area contributed by atoms with E-state index in [9.17, 15) is 33.9 Å². The molecule has 5 atom stereocenters. The minimum atomic E-state index is -1.44. The number of hydrogen-bond acceptors (Lipinski definition) is 10. The first-order chi connectivity index (χ1) is 31.4. The minimum Gasteiger partial charge on any atom is -0.508 e. The Kier molecular flexibility index (Phi) is 16.4. The first kappa shape index (κ1) is 46.5. The molecule has 0 aliphatic heterocycles. The molecule has 10 N–H and O–H groups in total. The number of phenols is 1. The molecule has 0 aliphatic carbocycles. The van der Waals surface area contributed by atoms with Crippen LogP contribution in [-0.4, -0.2) is 92.5 Å². The largest absolute Gasteiger partial charge is 0.508 e. The fourth-order valence-corrected chi connectivity index (χ4v) is 6.79. The Hall–Kier alpha value is -7.99. The molecule has 0 radical (unpaired) electrons. The molecule has 0 fully saturated rings. The van der Waals surface area contributed by atoms with E-state index in [1.165, 1.54) is 31.6 Å². The maximum atomic E-state index is 14.5. The molecular formula is C47H51N9O9. The molecule has 2 heterocycles. The fraction of sp³-hybridized carbons (Fsp3) is 0.255. The average molecular weight is 886 g/mol. The molecule has 0 spiro atoms. The van der Waals surface area contributed by atoms with Crippen molar-refractivity contribution in [1.29, 1.82) is 0 Å². The van der Waals surface area contributed by atoms with Crippen molar-refractivity contribution in [3.8, 4) is 5.75 Å². The van der Waals surface area contributed by atoms with Gasteiger partial charge in [-0.05, 0) is 47.4 Å². The summed E-state index contributed by atoms with van der Waals surface area (Å²) in [5.41, 5.74) is 9.47. The quantitative estimate of drug-likeness (QED) is 0.0481. The normalized spacial score (nSPS) is 13.3. The molecule has 18 nitrogen and oxygen atoms in total. The SMILES string of the molecule is C[C@@H](NC(=O)[C@H](Cc1c[nH]c2ccccc12)NC(=O)[C@H](COCc1ccccc1)NC(=O)[C@H](Cc1ccc(O)cc1)NC(=O)[C@H](Cc1cnc[nH]1)NC(=O)OCc1ccccc1)C(N)=O. The van der Waals surface area contributed by atoms with Gasteiger partial charge in [0, 0.05) is 48.3 Å². The van der Waals surface area contributed by atoms with Gasteiger partial charge in [-0.1, -0.05) is 91.0 Å². The van der Waals surface area contributed by atoms with E-state index in [0.717, 1.165) is 22.0 Å². The highest BCUT2D eigenvalue weighted by Gasteiger charge is 2.33. The summed E-state index contributed by atoms with van der Waals surface area (Å²) in [4.78, 5) is 91.9. The van der Waals surface area contributed by atoms with E-state index in [1.807, 2.05) is 60.7 Å². The van der Waals surface area contributed by atoms with Crippen molar-refractivity contribution in [3.05, 3.63) is 156 Å². The number of H-pyrrole nitrogens is 2. The predicted molar refractivity (Wildman–Crippen MR) is 238 cm³/mol. The number of phenolic OH excluding ortho intramolecular Hbond substituents is 1. The number of carbonyl (C=O) groups excluding carboxylic acids is 6. The van der Waals surface area contributed by atoms with Gasteiger partial charge in [-0.15, -0.1) is 0 Å². The van der Waals surface area contributed by atoms with E-state index in [1.54, 1.807) is 42.6 Å². The second-order valence-electron chi connectivity index (χ2n) is 15.3. The number of aromatic hydroxyl groups is 1. The van der Waals surface area contributed by atoms with Crippen LogP contribution in [0.5, 0.6) is 5.75 Å². The number of carbonyl (C=O) groups is 6. The van der Waals surface area contributed by atoms with Gasteiger partial charge in [0.15, 0.2) is 0 Å². The third kappa shape index (κ3) is 14.0. The van der Waals surface area contributed by atoms with E-state index in [4.69, 9.17) is 15.2 Å². The van der Waals surface area contributed by atoms with Crippen molar-refractivity contribution in [2.45, 2.75) is 69.6 Å². The van der Waals surface area contributed by atoms with Crippen molar-refractivity contribution >= 4 is 46.5 Å². The lowest BCUT2D eigenvalue weighted by Gasteiger charge is -2.27. The first-order valence-electron chi connectivity index (χ1n) is 20.8. The standard InChI is InChI=1S/C47H51N9O9/c1-29(42(48)58)52-43(59)39(21-33-23-50-37-15-9-8-14-36(33)37)54-46(62)41(27-64-25-31-10-4-2-5-11-31)55-44(60)38(20-30-16-18-35(57)19-17-30)53-45(61)40(22-34-24-49-28-51-34)56-47(63)65-26-32-12-6-3-7-13-32/h2-19,23-24,28-29,38-41,50,57H,20-22,25-27H2,1H3,(H2,48,58)(H,49,51)(H,52,59)(H,53,61)(H,54,62)(H,55,60)(H,56,63)/t29-,38+,39+,40+,41+/m1/s1. The molecule has 338 valence electrons. The summed E-state index contributed by atoms with van der Waals surface area (Å²) in [5, 5.41) is 24.1. The lowest BCUT2D eigenvalue weighted by atomic mass is 10.0. The summed E-state index contributed by atoms with van der Waals surface area (Å²) in [6.07, 6.45) is 3.52. The Labute approximate surface area is 374 Å². The molecule has 0 unspecified atom stereocenters. The Morgan fingerprint density at radius 3 is 1.85 bits per heavy atom. The van der Waals surface area contributed by atoms with Crippen molar-refractivity contribution in [2.24, 2.45) is 5.73 Å². The Morgan fingerprint density at radius 1 is 0.631 bits per heavy atom. The zero-order valence-corrected chi connectivity index (χ0v) is 35.5. The van der Waals surface area contributed by atoms with Gasteiger partial charge in [0.1, 0.15) is 42.6 Å². The third-order valence-corrected chi connectivity index (χ3v) is 10.4. The molecule has 6 amide bonds. The Morgan fingerprint density at radius 2 is 1.20 bits per heavy atom. The number of fused-ring (bicyclic) bond motifs is 1. The van der Waals surface area contributed by atoms with Crippen LogP contribution in [-0.2, 0) is 65.9 Å². The molecule has 4 aromatic carbocycles. The van der Waals surface area contributed by atoms with Gasteiger partial charge in [-0.25, -0.2) is 9.78 Å². The number of para-hydroxylation sites is 1. The molecular weight excluding hydrogens is 835 g/mol. The van der Waals surface area contributed by atoms with Gasteiger partial charge in [-0.2, -0.15) is 0 Å². The number of aromatic amines is 2. The number of aromatic nitrogens is 3. The maximum Gasteiger partial charge on any atom is 0.408 e. The van der Waals surface area contributed by atoms with Crippen molar-refractivity contribution in [3.63, 3.8) is 0 Å². The molecule has 6 rings (SSSR count). The lowest BCUT2D eigenvalue weighted by Crippen LogP contribution is -2.60. The van der Waals surface area contributed by atoms with E-state index in [2.05, 4.69) is 41.5 Å². The summed E-state index contributed by atoms with van der Waals surface area (Å²) in [7, 11) is 0. The van der Waals surface area contributed by atoms with Crippen LogP contribution < -0.4 is 32.3 Å². The second kappa shape index (κ2) is 22.9. The highest BCUT2D eigenvalue weighted by molar-refractivity contribution is 5.97. The molecule has 0 aliphatic rings. The number of imidazole rings is 1. The zero-order chi connectivity index (χ0) is 46.1. The Balaban J connectivity index is 1.25. The monoisotopic (exact) mass is 885 g/mol. The average Bonchev–Trinajstić information content (AvgIpc) is 3.98. The highest BCUT2D eigenvalue weighted by atomic mass is 16.5. The minimum absolute atomic E-state index is 0.0172. The van der Waals surface area contributed by atoms with Crippen LogP contribution in [0, 0.1) is 0 Å². The number of nitrogens with one attached hydrogen (secondary N) is 7. The number of rotatable bonds is 22. The number of primary amides is 1. The third-order valence-electron chi connectivity index (χ3n) is 10.4. The van der Waals surface area contributed by atoms with Crippen molar-refractivity contribution < 1.29 is 43.3 Å². The van der Waals surface area contributed by atoms with Gasteiger partial charge >= 0.3 is 6.09 Å².